The molecule has 0 saturated heterocycles. The van der Waals surface area contributed by atoms with Crippen molar-refractivity contribution in [3.8, 4) is 0 Å². The maximum atomic E-state index is 10.9. The molecule has 0 aromatic carbocycles. The second kappa shape index (κ2) is 5.96. The number of halogens is 1. The molecule has 94 valence electrons. The molecule has 17 heavy (non-hydrogen) atoms. The number of aromatic nitrogens is 1. The zero-order valence-corrected chi connectivity index (χ0v) is 11.1. The largest absolute Gasteiger partial charge is 0.291 e. The Bertz CT molecular complexity index is 407. The third-order valence-electron chi connectivity index (χ3n) is 2.42. The van der Waals surface area contributed by atoms with Crippen molar-refractivity contribution in [2.75, 3.05) is 0 Å². The van der Waals surface area contributed by atoms with Crippen LogP contribution in [0.1, 0.15) is 31.5 Å². The summed E-state index contributed by atoms with van der Waals surface area (Å²) in [6.07, 6.45) is 2.91. The minimum absolute atomic E-state index is 0.0689. The lowest BCUT2D eigenvalue weighted by Crippen LogP contribution is -2.10. The molecule has 0 bridgehead atoms. The Hall–Kier alpha value is -1.16. The summed E-state index contributed by atoms with van der Waals surface area (Å²) < 4.78 is 0. The number of nitrogens with zero attached hydrogens (tertiary/aromatic N) is 2. The topological polar surface area (TPSA) is 56.0 Å². The number of nitro groups is 1. The van der Waals surface area contributed by atoms with E-state index in [2.05, 4.69) is 18.8 Å². The molecule has 0 spiro atoms. The molecule has 1 unspecified atom stereocenters. The van der Waals surface area contributed by atoms with Crippen molar-refractivity contribution in [2.24, 2.45) is 5.92 Å². The molecule has 4 nitrogen and oxygen atoms in total. The Balaban J connectivity index is 2.86. The quantitative estimate of drug-likeness (QED) is 0.460. The summed E-state index contributed by atoms with van der Waals surface area (Å²) in [6, 6.07) is 1.54. The molecule has 0 aliphatic rings. The third kappa shape index (κ3) is 4.30. The minimum Gasteiger partial charge on any atom is -0.258 e. The number of rotatable bonds is 5. The molecular formula is C12H17ClN2O2. The van der Waals surface area contributed by atoms with Crippen LogP contribution in [0.15, 0.2) is 12.3 Å². The van der Waals surface area contributed by atoms with Crippen LogP contribution in [-0.4, -0.2) is 15.3 Å². The van der Waals surface area contributed by atoms with Gasteiger partial charge >= 0.3 is 0 Å². The summed E-state index contributed by atoms with van der Waals surface area (Å²) in [5.41, 5.74) is 1.33. The zero-order valence-electron chi connectivity index (χ0n) is 10.3. The predicted molar refractivity (Wildman–Crippen MR) is 68.4 cm³/mol. The highest BCUT2D eigenvalue weighted by Crippen LogP contribution is 2.22. The van der Waals surface area contributed by atoms with Crippen LogP contribution in [-0.2, 0) is 6.42 Å². The normalized spacial score (nSPS) is 12.8. The number of pyridine rings is 1. The standard InChI is InChI=1S/C12H17ClN2O2/c1-8(2)4-10(13)6-11-12(15(16)17)5-9(3)7-14-11/h5,7-8,10H,4,6H2,1-3H3. The maximum Gasteiger partial charge on any atom is 0.291 e. The van der Waals surface area contributed by atoms with Crippen molar-refractivity contribution in [3.63, 3.8) is 0 Å². The van der Waals surface area contributed by atoms with Gasteiger partial charge in [0.1, 0.15) is 5.69 Å². The Morgan fingerprint density at radius 2 is 2.18 bits per heavy atom. The van der Waals surface area contributed by atoms with Crippen LogP contribution in [0.4, 0.5) is 5.69 Å². The van der Waals surface area contributed by atoms with Gasteiger partial charge in [-0.3, -0.25) is 15.1 Å². The lowest BCUT2D eigenvalue weighted by Gasteiger charge is -2.11. The van der Waals surface area contributed by atoms with Crippen LogP contribution in [0.2, 0.25) is 0 Å². The van der Waals surface area contributed by atoms with Crippen molar-refractivity contribution in [3.05, 3.63) is 33.6 Å². The average molecular weight is 257 g/mol. The van der Waals surface area contributed by atoms with Gasteiger partial charge in [0.2, 0.25) is 0 Å². The van der Waals surface area contributed by atoms with Gasteiger partial charge in [-0.25, -0.2) is 0 Å². The van der Waals surface area contributed by atoms with Gasteiger partial charge in [0.15, 0.2) is 0 Å². The molecular weight excluding hydrogens is 240 g/mol. The van der Waals surface area contributed by atoms with Crippen LogP contribution in [0, 0.1) is 23.0 Å². The van der Waals surface area contributed by atoms with E-state index >= 15 is 0 Å². The molecule has 0 saturated carbocycles. The van der Waals surface area contributed by atoms with Crippen molar-refractivity contribution < 1.29 is 4.92 Å². The van der Waals surface area contributed by atoms with E-state index in [0.717, 1.165) is 12.0 Å². The highest BCUT2D eigenvalue weighted by Gasteiger charge is 2.19. The average Bonchev–Trinajstić information content (AvgIpc) is 2.19. The van der Waals surface area contributed by atoms with Crippen molar-refractivity contribution in [1.82, 2.24) is 4.98 Å². The lowest BCUT2D eigenvalue weighted by atomic mass is 10.0. The summed E-state index contributed by atoms with van der Waals surface area (Å²) in [6.45, 7) is 5.94. The second-order valence-corrected chi connectivity index (χ2v) is 5.28. The highest BCUT2D eigenvalue weighted by atomic mass is 35.5. The van der Waals surface area contributed by atoms with Crippen molar-refractivity contribution in [1.29, 1.82) is 0 Å². The second-order valence-electron chi connectivity index (χ2n) is 4.67. The first-order valence-electron chi connectivity index (χ1n) is 5.64. The van der Waals surface area contributed by atoms with Crippen LogP contribution in [0.25, 0.3) is 0 Å². The maximum absolute atomic E-state index is 10.9. The third-order valence-corrected chi connectivity index (χ3v) is 2.76. The Kier molecular flexibility index (Phi) is 4.87. The lowest BCUT2D eigenvalue weighted by molar-refractivity contribution is -0.386. The molecule has 5 heteroatoms. The van der Waals surface area contributed by atoms with Crippen LogP contribution in [0.5, 0.6) is 0 Å². The van der Waals surface area contributed by atoms with Gasteiger partial charge in [-0.1, -0.05) is 13.8 Å². The van der Waals surface area contributed by atoms with E-state index in [1.807, 2.05) is 0 Å². The van der Waals surface area contributed by atoms with E-state index < -0.39 is 4.92 Å². The molecule has 1 rings (SSSR count). The first-order valence-corrected chi connectivity index (χ1v) is 6.07. The fourth-order valence-electron chi connectivity index (χ4n) is 1.70. The SMILES string of the molecule is Cc1cnc(CC(Cl)CC(C)C)c([N+](=O)[O-])c1. The van der Waals surface area contributed by atoms with E-state index in [1.54, 1.807) is 19.2 Å². The fourth-order valence-corrected chi connectivity index (χ4v) is 2.20. The van der Waals surface area contributed by atoms with E-state index in [1.165, 1.54) is 0 Å². The first kappa shape index (κ1) is 13.9. The number of hydrogen-bond donors (Lipinski definition) is 0. The predicted octanol–water partition coefficient (Wildman–Crippen LogP) is 3.49. The summed E-state index contributed by atoms with van der Waals surface area (Å²) in [5, 5.41) is 10.8. The molecule has 1 aromatic rings. The molecule has 1 atom stereocenters. The number of hydrogen-bond acceptors (Lipinski definition) is 3. The van der Waals surface area contributed by atoms with Gasteiger partial charge in [0, 0.05) is 24.1 Å². The summed E-state index contributed by atoms with van der Waals surface area (Å²) in [4.78, 5) is 14.6. The van der Waals surface area contributed by atoms with Crippen LogP contribution in [0.3, 0.4) is 0 Å². The van der Waals surface area contributed by atoms with Crippen molar-refractivity contribution >= 4 is 17.3 Å². The monoisotopic (exact) mass is 256 g/mol. The summed E-state index contributed by atoms with van der Waals surface area (Å²) in [7, 11) is 0. The molecule has 0 N–H and O–H groups in total. The molecule has 1 heterocycles. The van der Waals surface area contributed by atoms with Gasteiger partial charge in [-0.15, -0.1) is 11.6 Å². The minimum atomic E-state index is -0.395. The van der Waals surface area contributed by atoms with E-state index in [-0.39, 0.29) is 11.1 Å². The van der Waals surface area contributed by atoms with E-state index in [9.17, 15) is 10.1 Å². The molecule has 1 aromatic heterocycles. The smallest absolute Gasteiger partial charge is 0.258 e. The van der Waals surface area contributed by atoms with Gasteiger partial charge in [-0.2, -0.15) is 0 Å². The summed E-state index contributed by atoms with van der Waals surface area (Å²) in [5.74, 6) is 0.474. The van der Waals surface area contributed by atoms with Gasteiger partial charge in [0.05, 0.1) is 4.92 Å². The van der Waals surface area contributed by atoms with E-state index in [0.29, 0.717) is 18.0 Å². The Morgan fingerprint density at radius 1 is 1.53 bits per heavy atom. The molecule has 0 radical (unpaired) electrons. The van der Waals surface area contributed by atoms with Gasteiger partial charge < -0.3 is 0 Å². The molecule has 0 amide bonds. The Labute approximate surface area is 106 Å². The fraction of sp³-hybridized carbons (Fsp3) is 0.583. The first-order chi connectivity index (χ1) is 7.90. The zero-order chi connectivity index (χ0) is 13.0. The van der Waals surface area contributed by atoms with Gasteiger partial charge in [0.25, 0.3) is 5.69 Å². The molecule has 0 aliphatic carbocycles. The van der Waals surface area contributed by atoms with Crippen molar-refractivity contribution in [2.45, 2.75) is 39.0 Å². The summed E-state index contributed by atoms with van der Waals surface area (Å²) >= 11 is 6.16. The van der Waals surface area contributed by atoms with E-state index in [4.69, 9.17) is 11.6 Å². The van der Waals surface area contributed by atoms with Gasteiger partial charge in [-0.05, 0) is 24.8 Å². The number of alkyl halides is 1. The highest BCUT2D eigenvalue weighted by molar-refractivity contribution is 6.20. The number of aryl methyl sites for hydroxylation is 1. The van der Waals surface area contributed by atoms with Crippen LogP contribution < -0.4 is 0 Å². The molecule has 0 fully saturated rings. The Morgan fingerprint density at radius 3 is 2.71 bits per heavy atom. The van der Waals surface area contributed by atoms with Crippen LogP contribution >= 0.6 is 11.6 Å². The molecule has 0 aliphatic heterocycles.